The standard InChI is InChI=1S/C18H23N3O3/c22-16-5-1-2-12-21(16)15-8-6-14(7-9-15)18(24)19-13-17(23)20-10-3-4-11-20/h6-9H,1-5,10-13H2,(H,19,24). The van der Waals surface area contributed by atoms with Gasteiger partial charge in [0.15, 0.2) is 0 Å². The molecule has 6 heteroatoms. The first-order valence-corrected chi connectivity index (χ1v) is 8.61. The summed E-state index contributed by atoms with van der Waals surface area (Å²) in [7, 11) is 0. The van der Waals surface area contributed by atoms with Crippen LogP contribution in [-0.4, -0.2) is 48.8 Å². The van der Waals surface area contributed by atoms with Crippen molar-refractivity contribution in [1.29, 1.82) is 0 Å². The number of hydrogen-bond donors (Lipinski definition) is 1. The van der Waals surface area contributed by atoms with Crippen molar-refractivity contribution in [2.45, 2.75) is 32.1 Å². The fraction of sp³-hybridized carbons (Fsp3) is 0.500. The Morgan fingerprint density at radius 3 is 2.29 bits per heavy atom. The molecule has 1 aromatic carbocycles. The molecule has 0 radical (unpaired) electrons. The molecule has 0 spiro atoms. The van der Waals surface area contributed by atoms with Gasteiger partial charge in [-0.25, -0.2) is 0 Å². The number of nitrogens with zero attached hydrogens (tertiary/aromatic N) is 2. The number of benzene rings is 1. The molecular formula is C18H23N3O3. The van der Waals surface area contributed by atoms with E-state index in [9.17, 15) is 14.4 Å². The lowest BCUT2D eigenvalue weighted by Gasteiger charge is -2.26. The summed E-state index contributed by atoms with van der Waals surface area (Å²) in [6, 6.07) is 6.99. The van der Waals surface area contributed by atoms with Gasteiger partial charge in [-0.2, -0.15) is 0 Å². The minimum atomic E-state index is -0.265. The van der Waals surface area contributed by atoms with Crippen LogP contribution < -0.4 is 10.2 Å². The SMILES string of the molecule is O=C(NCC(=O)N1CCCC1)c1ccc(N2CCCCC2=O)cc1. The molecule has 0 bridgehead atoms. The summed E-state index contributed by atoms with van der Waals surface area (Å²) in [5.74, 6) is -0.162. The van der Waals surface area contributed by atoms with Crippen LogP contribution in [0, 0.1) is 0 Å². The Morgan fingerprint density at radius 2 is 1.62 bits per heavy atom. The normalized spacial score (nSPS) is 17.9. The second kappa shape index (κ2) is 7.47. The summed E-state index contributed by atoms with van der Waals surface area (Å²) in [5.41, 5.74) is 1.32. The second-order valence-electron chi connectivity index (χ2n) is 6.32. The van der Waals surface area contributed by atoms with E-state index < -0.39 is 0 Å². The molecule has 3 amide bonds. The minimum absolute atomic E-state index is 0.0311. The van der Waals surface area contributed by atoms with Gasteiger partial charge in [-0.05, 0) is 49.9 Å². The highest BCUT2D eigenvalue weighted by Crippen LogP contribution is 2.21. The van der Waals surface area contributed by atoms with Gasteiger partial charge in [-0.3, -0.25) is 14.4 Å². The van der Waals surface area contributed by atoms with Crippen LogP contribution in [0.15, 0.2) is 24.3 Å². The Balaban J connectivity index is 1.55. The highest BCUT2D eigenvalue weighted by molar-refractivity contribution is 5.98. The zero-order chi connectivity index (χ0) is 16.9. The van der Waals surface area contributed by atoms with Crippen molar-refractivity contribution < 1.29 is 14.4 Å². The van der Waals surface area contributed by atoms with Gasteiger partial charge in [0.2, 0.25) is 11.8 Å². The van der Waals surface area contributed by atoms with Gasteiger partial charge in [0, 0.05) is 37.3 Å². The number of amides is 3. The Hall–Kier alpha value is -2.37. The van der Waals surface area contributed by atoms with E-state index >= 15 is 0 Å². The zero-order valence-corrected chi connectivity index (χ0v) is 13.8. The third-order valence-electron chi connectivity index (χ3n) is 4.62. The van der Waals surface area contributed by atoms with Gasteiger partial charge < -0.3 is 15.1 Å². The van der Waals surface area contributed by atoms with Crippen LogP contribution in [0.25, 0.3) is 0 Å². The minimum Gasteiger partial charge on any atom is -0.343 e. The lowest BCUT2D eigenvalue weighted by molar-refractivity contribution is -0.129. The zero-order valence-electron chi connectivity index (χ0n) is 13.8. The number of rotatable bonds is 4. The fourth-order valence-corrected chi connectivity index (χ4v) is 3.21. The number of nitrogens with one attached hydrogen (secondary N) is 1. The molecule has 1 aromatic rings. The molecule has 2 saturated heterocycles. The third kappa shape index (κ3) is 3.75. The summed E-state index contributed by atoms with van der Waals surface area (Å²) in [5, 5.41) is 2.67. The van der Waals surface area contributed by atoms with Gasteiger partial charge in [0.25, 0.3) is 5.91 Å². The number of anilines is 1. The van der Waals surface area contributed by atoms with Gasteiger partial charge in [0.1, 0.15) is 0 Å². The van der Waals surface area contributed by atoms with E-state index in [4.69, 9.17) is 0 Å². The van der Waals surface area contributed by atoms with E-state index in [2.05, 4.69) is 5.32 Å². The second-order valence-corrected chi connectivity index (χ2v) is 6.32. The summed E-state index contributed by atoms with van der Waals surface area (Å²) < 4.78 is 0. The van der Waals surface area contributed by atoms with Crippen molar-refractivity contribution >= 4 is 23.4 Å². The van der Waals surface area contributed by atoms with E-state index in [1.165, 1.54) is 0 Å². The molecule has 0 saturated carbocycles. The maximum Gasteiger partial charge on any atom is 0.251 e. The van der Waals surface area contributed by atoms with Gasteiger partial charge in [-0.1, -0.05) is 0 Å². The molecule has 0 aromatic heterocycles. The van der Waals surface area contributed by atoms with Crippen molar-refractivity contribution in [1.82, 2.24) is 10.2 Å². The van der Waals surface area contributed by atoms with Crippen LogP contribution in [0.3, 0.4) is 0 Å². The molecule has 3 rings (SSSR count). The van der Waals surface area contributed by atoms with Crippen molar-refractivity contribution in [3.63, 3.8) is 0 Å². The van der Waals surface area contributed by atoms with Gasteiger partial charge in [0.05, 0.1) is 6.54 Å². The van der Waals surface area contributed by atoms with E-state index in [0.717, 1.165) is 51.0 Å². The summed E-state index contributed by atoms with van der Waals surface area (Å²) in [6.45, 7) is 2.33. The lowest BCUT2D eigenvalue weighted by Crippen LogP contribution is -2.38. The summed E-state index contributed by atoms with van der Waals surface area (Å²) in [6.07, 6.45) is 4.61. The van der Waals surface area contributed by atoms with Crippen LogP contribution in [0.5, 0.6) is 0 Å². The van der Waals surface area contributed by atoms with Crippen LogP contribution in [0.1, 0.15) is 42.5 Å². The molecule has 128 valence electrons. The smallest absolute Gasteiger partial charge is 0.251 e. The van der Waals surface area contributed by atoms with Gasteiger partial charge in [-0.15, -0.1) is 0 Å². The van der Waals surface area contributed by atoms with E-state index in [1.807, 2.05) is 0 Å². The Labute approximate surface area is 141 Å². The third-order valence-corrected chi connectivity index (χ3v) is 4.62. The van der Waals surface area contributed by atoms with Crippen LogP contribution >= 0.6 is 0 Å². The molecule has 2 heterocycles. The quantitative estimate of drug-likeness (QED) is 0.911. The molecule has 6 nitrogen and oxygen atoms in total. The maximum absolute atomic E-state index is 12.2. The molecule has 2 aliphatic rings. The Morgan fingerprint density at radius 1 is 0.958 bits per heavy atom. The van der Waals surface area contributed by atoms with Crippen molar-refractivity contribution in [2.24, 2.45) is 0 Å². The molecule has 2 aliphatic heterocycles. The monoisotopic (exact) mass is 329 g/mol. The van der Waals surface area contributed by atoms with Crippen molar-refractivity contribution in [2.75, 3.05) is 31.1 Å². The first-order chi connectivity index (χ1) is 11.6. The Kier molecular flexibility index (Phi) is 5.13. The molecule has 0 aliphatic carbocycles. The first-order valence-electron chi connectivity index (χ1n) is 8.61. The first kappa shape index (κ1) is 16.5. The van der Waals surface area contributed by atoms with Gasteiger partial charge >= 0.3 is 0 Å². The van der Waals surface area contributed by atoms with Crippen LogP contribution in [0.4, 0.5) is 5.69 Å². The molecule has 24 heavy (non-hydrogen) atoms. The van der Waals surface area contributed by atoms with Crippen molar-refractivity contribution in [3.05, 3.63) is 29.8 Å². The average Bonchev–Trinajstić information content (AvgIpc) is 3.15. The number of carbonyl (C=O) groups excluding carboxylic acids is 3. The highest BCUT2D eigenvalue weighted by atomic mass is 16.2. The number of piperidine rings is 1. The Bertz CT molecular complexity index is 621. The van der Waals surface area contributed by atoms with E-state index in [1.54, 1.807) is 34.1 Å². The number of likely N-dealkylation sites (tertiary alicyclic amines) is 1. The summed E-state index contributed by atoms with van der Waals surface area (Å²) >= 11 is 0. The van der Waals surface area contributed by atoms with Crippen LogP contribution in [0.2, 0.25) is 0 Å². The van der Waals surface area contributed by atoms with E-state index in [-0.39, 0.29) is 24.3 Å². The molecule has 1 N–H and O–H groups in total. The largest absolute Gasteiger partial charge is 0.343 e. The fourth-order valence-electron chi connectivity index (χ4n) is 3.21. The molecule has 0 unspecified atom stereocenters. The highest BCUT2D eigenvalue weighted by Gasteiger charge is 2.20. The number of hydrogen-bond acceptors (Lipinski definition) is 3. The molecular weight excluding hydrogens is 306 g/mol. The molecule has 2 fully saturated rings. The molecule has 0 atom stereocenters. The van der Waals surface area contributed by atoms with Crippen molar-refractivity contribution in [3.8, 4) is 0 Å². The topological polar surface area (TPSA) is 69.7 Å². The number of carbonyl (C=O) groups is 3. The predicted octanol–water partition coefficient (Wildman–Crippen LogP) is 1.56. The average molecular weight is 329 g/mol. The van der Waals surface area contributed by atoms with E-state index in [0.29, 0.717) is 12.0 Å². The summed E-state index contributed by atoms with van der Waals surface area (Å²) in [4.78, 5) is 39.6. The maximum atomic E-state index is 12.2. The predicted molar refractivity (Wildman–Crippen MR) is 90.8 cm³/mol. The van der Waals surface area contributed by atoms with Crippen LogP contribution in [-0.2, 0) is 9.59 Å². The lowest BCUT2D eigenvalue weighted by atomic mass is 10.1.